The Morgan fingerprint density at radius 3 is 2.30 bits per heavy atom. The van der Waals surface area contributed by atoms with Crippen LogP contribution in [0.2, 0.25) is 10.0 Å². The van der Waals surface area contributed by atoms with E-state index in [1.165, 1.54) is 26.2 Å². The van der Waals surface area contributed by atoms with Gasteiger partial charge < -0.3 is 9.47 Å². The van der Waals surface area contributed by atoms with Gasteiger partial charge in [-0.3, -0.25) is 4.79 Å². The molecular weight excluding hydrogens is 339 g/mol. The molecule has 1 atom stereocenters. The Kier molecular flexibility index (Phi) is 5.64. The molecule has 0 fully saturated rings. The Morgan fingerprint density at radius 1 is 1.04 bits per heavy atom. The van der Waals surface area contributed by atoms with E-state index in [1.807, 2.05) is 0 Å². The molecule has 23 heavy (non-hydrogen) atoms. The van der Waals surface area contributed by atoms with Crippen LogP contribution in [0.1, 0.15) is 27.6 Å². The van der Waals surface area contributed by atoms with Gasteiger partial charge in [-0.05, 0) is 49.4 Å². The largest absolute Gasteiger partial charge is 0.497 e. The number of halogens is 2. The number of rotatable bonds is 5. The average molecular weight is 353 g/mol. The lowest BCUT2D eigenvalue weighted by atomic mass is 10.1. The number of ether oxygens (including phenoxy) is 2. The third-order valence-corrected chi connectivity index (χ3v) is 3.74. The third-order valence-electron chi connectivity index (χ3n) is 3.18. The first-order valence-electron chi connectivity index (χ1n) is 6.76. The van der Waals surface area contributed by atoms with Crippen molar-refractivity contribution in [3.8, 4) is 5.75 Å². The van der Waals surface area contributed by atoms with Crippen molar-refractivity contribution in [3.63, 3.8) is 0 Å². The van der Waals surface area contributed by atoms with Crippen LogP contribution in [-0.2, 0) is 4.74 Å². The summed E-state index contributed by atoms with van der Waals surface area (Å²) < 4.78 is 10.2. The summed E-state index contributed by atoms with van der Waals surface area (Å²) in [5.74, 6) is -0.386. The van der Waals surface area contributed by atoms with Gasteiger partial charge in [-0.15, -0.1) is 0 Å². The Labute approximate surface area is 143 Å². The predicted octanol–water partition coefficient (Wildman–Crippen LogP) is 4.43. The molecule has 0 aromatic heterocycles. The van der Waals surface area contributed by atoms with Crippen LogP contribution in [-0.4, -0.2) is 25.0 Å². The molecule has 2 rings (SSSR count). The van der Waals surface area contributed by atoms with Crippen molar-refractivity contribution in [2.75, 3.05) is 7.11 Å². The van der Waals surface area contributed by atoms with Crippen molar-refractivity contribution in [1.82, 2.24) is 0 Å². The zero-order valence-corrected chi connectivity index (χ0v) is 14.0. The summed E-state index contributed by atoms with van der Waals surface area (Å²) in [4.78, 5) is 24.4. The third kappa shape index (κ3) is 4.24. The second-order valence-electron chi connectivity index (χ2n) is 4.76. The van der Waals surface area contributed by atoms with Crippen LogP contribution in [0.15, 0.2) is 42.5 Å². The summed E-state index contributed by atoms with van der Waals surface area (Å²) in [7, 11) is 1.54. The molecule has 0 radical (unpaired) electrons. The van der Waals surface area contributed by atoms with Crippen LogP contribution < -0.4 is 4.74 Å². The second-order valence-corrected chi connectivity index (χ2v) is 5.61. The first kappa shape index (κ1) is 17.3. The smallest absolute Gasteiger partial charge is 0.340 e. The van der Waals surface area contributed by atoms with Crippen molar-refractivity contribution in [1.29, 1.82) is 0 Å². The molecule has 4 nitrogen and oxygen atoms in total. The number of hydrogen-bond acceptors (Lipinski definition) is 4. The molecule has 2 aromatic carbocycles. The Balaban J connectivity index is 2.10. The van der Waals surface area contributed by atoms with Crippen LogP contribution in [0.4, 0.5) is 0 Å². The van der Waals surface area contributed by atoms with E-state index in [9.17, 15) is 9.59 Å². The van der Waals surface area contributed by atoms with Crippen LogP contribution in [0.3, 0.4) is 0 Å². The number of Topliss-reactive ketones (excluding diaryl/α,β-unsaturated/α-hetero) is 1. The van der Waals surface area contributed by atoms with Crippen LogP contribution in [0.5, 0.6) is 5.75 Å². The van der Waals surface area contributed by atoms with E-state index in [4.69, 9.17) is 32.7 Å². The fraction of sp³-hybridized carbons (Fsp3) is 0.176. The number of methoxy groups -OCH3 is 1. The number of esters is 1. The molecule has 120 valence electrons. The maximum atomic E-state index is 12.3. The molecular formula is C17H14Cl2O4. The predicted molar refractivity (Wildman–Crippen MR) is 88.7 cm³/mol. The molecule has 0 bridgehead atoms. The lowest BCUT2D eigenvalue weighted by molar-refractivity contribution is 0.0319. The zero-order valence-electron chi connectivity index (χ0n) is 12.5. The van der Waals surface area contributed by atoms with E-state index >= 15 is 0 Å². The SMILES string of the molecule is COc1ccc(C(=O)[C@H](C)OC(=O)c2cc(Cl)ccc2Cl)cc1. The minimum Gasteiger partial charge on any atom is -0.497 e. The van der Waals surface area contributed by atoms with Gasteiger partial charge in [0.1, 0.15) is 5.75 Å². The van der Waals surface area contributed by atoms with Gasteiger partial charge in [-0.25, -0.2) is 4.79 Å². The Bertz CT molecular complexity index is 726. The summed E-state index contributed by atoms with van der Waals surface area (Å²) in [5.41, 5.74) is 0.539. The fourth-order valence-electron chi connectivity index (χ4n) is 1.92. The molecule has 0 N–H and O–H groups in total. The van der Waals surface area contributed by atoms with Gasteiger partial charge in [0, 0.05) is 10.6 Å². The summed E-state index contributed by atoms with van der Waals surface area (Å²) in [6.07, 6.45) is -0.953. The molecule has 0 spiro atoms. The maximum absolute atomic E-state index is 12.3. The highest BCUT2D eigenvalue weighted by atomic mass is 35.5. The number of carbonyl (C=O) groups excluding carboxylic acids is 2. The highest BCUT2D eigenvalue weighted by Gasteiger charge is 2.22. The van der Waals surface area contributed by atoms with Crippen molar-refractivity contribution in [3.05, 3.63) is 63.6 Å². The quantitative estimate of drug-likeness (QED) is 0.589. The molecule has 0 heterocycles. The first-order valence-corrected chi connectivity index (χ1v) is 7.52. The molecule has 6 heteroatoms. The van der Waals surface area contributed by atoms with Crippen molar-refractivity contribution in [2.24, 2.45) is 0 Å². The van der Waals surface area contributed by atoms with Crippen molar-refractivity contribution < 1.29 is 19.1 Å². The molecule has 0 aliphatic rings. The van der Waals surface area contributed by atoms with Gasteiger partial charge in [-0.2, -0.15) is 0 Å². The van der Waals surface area contributed by atoms with Crippen LogP contribution in [0.25, 0.3) is 0 Å². The first-order chi connectivity index (χ1) is 10.9. The Morgan fingerprint density at radius 2 is 1.70 bits per heavy atom. The minimum atomic E-state index is -0.953. The fourth-order valence-corrected chi connectivity index (χ4v) is 2.29. The number of ketones is 1. The summed E-state index contributed by atoms with van der Waals surface area (Å²) >= 11 is 11.8. The summed E-state index contributed by atoms with van der Waals surface area (Å²) in [6, 6.07) is 11.0. The van der Waals surface area contributed by atoms with E-state index in [1.54, 1.807) is 30.3 Å². The van der Waals surface area contributed by atoms with Crippen molar-refractivity contribution in [2.45, 2.75) is 13.0 Å². The van der Waals surface area contributed by atoms with Gasteiger partial charge >= 0.3 is 5.97 Å². The number of carbonyl (C=O) groups is 2. The van der Waals surface area contributed by atoms with Crippen molar-refractivity contribution >= 4 is 35.0 Å². The van der Waals surface area contributed by atoms with Crippen LogP contribution in [0, 0.1) is 0 Å². The van der Waals surface area contributed by atoms with Gasteiger partial charge in [0.05, 0.1) is 17.7 Å². The van der Waals surface area contributed by atoms with Crippen LogP contribution >= 0.6 is 23.2 Å². The monoisotopic (exact) mass is 352 g/mol. The molecule has 0 amide bonds. The second kappa shape index (κ2) is 7.49. The summed E-state index contributed by atoms with van der Waals surface area (Å²) in [6.45, 7) is 1.50. The highest BCUT2D eigenvalue weighted by Crippen LogP contribution is 2.22. The van der Waals surface area contributed by atoms with Gasteiger partial charge in [0.25, 0.3) is 0 Å². The normalized spacial score (nSPS) is 11.7. The van der Waals surface area contributed by atoms with E-state index in [0.29, 0.717) is 16.3 Å². The van der Waals surface area contributed by atoms with Gasteiger partial charge in [0.2, 0.25) is 5.78 Å². The lowest BCUT2D eigenvalue weighted by Gasteiger charge is -2.13. The molecule has 2 aromatic rings. The molecule has 0 saturated heterocycles. The lowest BCUT2D eigenvalue weighted by Crippen LogP contribution is -2.24. The summed E-state index contributed by atoms with van der Waals surface area (Å²) in [5, 5.41) is 0.569. The Hall–Kier alpha value is -2.04. The van der Waals surface area contributed by atoms with E-state index < -0.39 is 12.1 Å². The number of hydrogen-bond donors (Lipinski definition) is 0. The van der Waals surface area contributed by atoms with Gasteiger partial charge in [-0.1, -0.05) is 23.2 Å². The van der Waals surface area contributed by atoms with E-state index in [2.05, 4.69) is 0 Å². The topological polar surface area (TPSA) is 52.6 Å². The molecule has 0 aliphatic carbocycles. The molecule has 0 unspecified atom stereocenters. The minimum absolute atomic E-state index is 0.119. The standard InChI is InChI=1S/C17H14Cl2O4/c1-10(16(20)11-3-6-13(22-2)7-4-11)23-17(21)14-9-12(18)5-8-15(14)19/h3-10H,1-2H3/t10-/m0/s1. The molecule has 0 saturated carbocycles. The zero-order chi connectivity index (χ0) is 17.0. The van der Waals surface area contributed by atoms with E-state index in [0.717, 1.165) is 0 Å². The number of benzene rings is 2. The highest BCUT2D eigenvalue weighted by molar-refractivity contribution is 6.35. The van der Waals surface area contributed by atoms with Gasteiger partial charge in [0.15, 0.2) is 6.10 Å². The molecule has 0 aliphatic heterocycles. The maximum Gasteiger partial charge on any atom is 0.340 e. The average Bonchev–Trinajstić information content (AvgIpc) is 2.56. The van der Waals surface area contributed by atoms with E-state index in [-0.39, 0.29) is 16.4 Å².